The number of hydrogen-bond donors (Lipinski definition) is 0. The zero-order valence-corrected chi connectivity index (χ0v) is 16.8. The topological polar surface area (TPSA) is 68.5 Å². The number of aromatic nitrogens is 2. The minimum absolute atomic E-state index is 0.0168. The van der Waals surface area contributed by atoms with Crippen molar-refractivity contribution in [2.24, 2.45) is 0 Å². The quantitative estimate of drug-likeness (QED) is 0.602. The van der Waals surface area contributed by atoms with Crippen LogP contribution in [0.3, 0.4) is 0 Å². The van der Waals surface area contributed by atoms with Gasteiger partial charge in [0.25, 0.3) is 0 Å². The summed E-state index contributed by atoms with van der Waals surface area (Å²) in [4.78, 5) is 20.0. The lowest BCUT2D eigenvalue weighted by molar-refractivity contribution is -0.128. The van der Waals surface area contributed by atoms with Gasteiger partial charge in [0.2, 0.25) is 11.8 Å². The lowest BCUT2D eigenvalue weighted by Crippen LogP contribution is -2.24. The van der Waals surface area contributed by atoms with Gasteiger partial charge in [0.05, 0.1) is 12.5 Å². The molecule has 1 unspecified atom stereocenters. The second kappa shape index (κ2) is 8.14. The Morgan fingerprint density at radius 1 is 1.29 bits per heavy atom. The first-order valence-corrected chi connectivity index (χ1v) is 10.3. The van der Waals surface area contributed by atoms with E-state index in [4.69, 9.17) is 9.26 Å². The van der Waals surface area contributed by atoms with Crippen LogP contribution in [0.4, 0.5) is 0 Å². The Morgan fingerprint density at radius 2 is 2.11 bits per heavy atom. The van der Waals surface area contributed by atoms with E-state index in [9.17, 15) is 4.79 Å². The van der Waals surface area contributed by atoms with E-state index in [1.807, 2.05) is 60.5 Å². The molecule has 1 amide bonds. The number of benzene rings is 1. The van der Waals surface area contributed by atoms with Gasteiger partial charge in [-0.2, -0.15) is 4.98 Å². The van der Waals surface area contributed by atoms with Crippen LogP contribution in [0.25, 0.3) is 0 Å². The van der Waals surface area contributed by atoms with E-state index < -0.39 is 0 Å². The molecule has 6 nitrogen and oxygen atoms in total. The van der Waals surface area contributed by atoms with Gasteiger partial charge in [-0.3, -0.25) is 4.79 Å². The molecule has 3 heterocycles. The number of carbonyl (C=O) groups is 1. The summed E-state index contributed by atoms with van der Waals surface area (Å²) in [5.41, 5.74) is 1.08. The van der Waals surface area contributed by atoms with Crippen LogP contribution >= 0.6 is 11.3 Å². The highest BCUT2D eigenvalue weighted by Gasteiger charge is 2.33. The van der Waals surface area contributed by atoms with E-state index in [1.54, 1.807) is 11.3 Å². The van der Waals surface area contributed by atoms with Gasteiger partial charge in [-0.1, -0.05) is 23.4 Å². The fourth-order valence-corrected chi connectivity index (χ4v) is 4.03. The molecule has 4 rings (SSSR count). The van der Waals surface area contributed by atoms with Crippen molar-refractivity contribution in [3.63, 3.8) is 0 Å². The molecule has 7 heteroatoms. The molecule has 0 spiro atoms. The van der Waals surface area contributed by atoms with Crippen LogP contribution in [-0.2, 0) is 17.8 Å². The Kier molecular flexibility index (Phi) is 5.43. The van der Waals surface area contributed by atoms with Crippen LogP contribution < -0.4 is 4.74 Å². The van der Waals surface area contributed by atoms with Crippen LogP contribution in [0.1, 0.15) is 48.3 Å². The molecular weight excluding hydrogens is 374 g/mol. The summed E-state index contributed by atoms with van der Waals surface area (Å²) in [5, 5.41) is 6.15. The SMILES string of the molecule is CC(C)Oc1ccc(CN2CC(c3noc(Cc4cccs4)n3)CC2=O)cc1. The number of amides is 1. The summed E-state index contributed by atoms with van der Waals surface area (Å²) in [7, 11) is 0. The van der Waals surface area contributed by atoms with Gasteiger partial charge in [-0.25, -0.2) is 0 Å². The summed E-state index contributed by atoms with van der Waals surface area (Å²) in [6.45, 7) is 5.19. The van der Waals surface area contributed by atoms with Crippen molar-refractivity contribution in [2.75, 3.05) is 6.54 Å². The normalized spacial score (nSPS) is 16.9. The van der Waals surface area contributed by atoms with Gasteiger partial charge in [-0.05, 0) is 43.0 Å². The van der Waals surface area contributed by atoms with E-state index in [2.05, 4.69) is 10.1 Å². The van der Waals surface area contributed by atoms with Gasteiger partial charge < -0.3 is 14.2 Å². The monoisotopic (exact) mass is 397 g/mol. The maximum absolute atomic E-state index is 12.5. The largest absolute Gasteiger partial charge is 0.491 e. The van der Waals surface area contributed by atoms with Crippen molar-refractivity contribution in [1.29, 1.82) is 0 Å². The van der Waals surface area contributed by atoms with E-state index in [-0.39, 0.29) is 17.9 Å². The average Bonchev–Trinajstić information content (AvgIpc) is 3.39. The fraction of sp³-hybridized carbons (Fsp3) is 0.381. The van der Waals surface area contributed by atoms with Gasteiger partial charge >= 0.3 is 0 Å². The van der Waals surface area contributed by atoms with E-state index in [0.717, 1.165) is 11.3 Å². The standard InChI is InChI=1S/C21H23N3O3S/c1-14(2)26-17-7-5-15(6-8-17)12-24-13-16(10-20(24)25)21-22-19(27-23-21)11-18-4-3-9-28-18/h3-9,14,16H,10-13H2,1-2H3. The van der Waals surface area contributed by atoms with Crippen molar-refractivity contribution in [3.8, 4) is 5.75 Å². The smallest absolute Gasteiger partial charge is 0.231 e. The number of thiophene rings is 1. The van der Waals surface area contributed by atoms with Gasteiger partial charge in [0.15, 0.2) is 5.82 Å². The highest BCUT2D eigenvalue weighted by molar-refractivity contribution is 7.09. The van der Waals surface area contributed by atoms with Crippen molar-refractivity contribution >= 4 is 17.2 Å². The molecule has 1 aliphatic heterocycles. The first kappa shape index (κ1) is 18.7. The van der Waals surface area contributed by atoms with Crippen LogP contribution in [0.5, 0.6) is 5.75 Å². The second-order valence-corrected chi connectivity index (χ2v) is 8.32. The lowest BCUT2D eigenvalue weighted by atomic mass is 10.1. The number of ether oxygens (including phenoxy) is 1. The maximum Gasteiger partial charge on any atom is 0.231 e. The minimum Gasteiger partial charge on any atom is -0.491 e. The first-order valence-electron chi connectivity index (χ1n) is 9.45. The first-order chi connectivity index (χ1) is 13.6. The third-order valence-corrected chi connectivity index (χ3v) is 5.51. The Morgan fingerprint density at radius 3 is 2.82 bits per heavy atom. The Labute approximate surface area is 168 Å². The molecule has 1 fully saturated rings. The molecule has 1 aliphatic rings. The van der Waals surface area contributed by atoms with Gasteiger partial charge in [0.1, 0.15) is 5.75 Å². The summed E-state index contributed by atoms with van der Waals surface area (Å²) in [5.74, 6) is 2.18. The number of nitrogens with zero attached hydrogens (tertiary/aromatic N) is 3. The number of carbonyl (C=O) groups excluding carboxylic acids is 1. The number of likely N-dealkylation sites (tertiary alicyclic amines) is 1. The van der Waals surface area contributed by atoms with Gasteiger partial charge in [0, 0.05) is 30.3 Å². The molecule has 0 bridgehead atoms. The van der Waals surface area contributed by atoms with E-state index in [1.165, 1.54) is 4.88 Å². The predicted molar refractivity (Wildman–Crippen MR) is 106 cm³/mol. The molecule has 2 aromatic heterocycles. The highest BCUT2D eigenvalue weighted by atomic mass is 32.1. The predicted octanol–water partition coefficient (Wildman–Crippen LogP) is 4.03. The fourth-order valence-electron chi connectivity index (χ4n) is 3.33. The molecule has 1 atom stereocenters. The number of hydrogen-bond acceptors (Lipinski definition) is 6. The third kappa shape index (κ3) is 4.42. The third-order valence-electron chi connectivity index (χ3n) is 4.64. The molecule has 146 valence electrons. The molecule has 1 aromatic carbocycles. The summed E-state index contributed by atoms with van der Waals surface area (Å²) >= 11 is 1.67. The van der Waals surface area contributed by atoms with Crippen LogP contribution in [0.15, 0.2) is 46.3 Å². The Bertz CT molecular complexity index is 919. The lowest BCUT2D eigenvalue weighted by Gasteiger charge is -2.17. The molecule has 0 radical (unpaired) electrons. The molecule has 0 aliphatic carbocycles. The van der Waals surface area contributed by atoms with E-state index >= 15 is 0 Å². The minimum atomic E-state index is -0.0168. The zero-order chi connectivity index (χ0) is 19.5. The van der Waals surface area contributed by atoms with E-state index in [0.29, 0.717) is 37.6 Å². The maximum atomic E-state index is 12.5. The second-order valence-electron chi connectivity index (χ2n) is 7.29. The molecule has 28 heavy (non-hydrogen) atoms. The molecule has 0 N–H and O–H groups in total. The van der Waals surface area contributed by atoms with Crippen LogP contribution in [0, 0.1) is 0 Å². The van der Waals surface area contributed by atoms with Crippen molar-refractivity contribution in [3.05, 3.63) is 63.9 Å². The summed E-state index contributed by atoms with van der Waals surface area (Å²) in [6, 6.07) is 12.0. The molecule has 1 saturated heterocycles. The van der Waals surface area contributed by atoms with Crippen molar-refractivity contribution in [1.82, 2.24) is 15.0 Å². The van der Waals surface area contributed by atoms with Crippen LogP contribution in [0.2, 0.25) is 0 Å². The molecule has 3 aromatic rings. The Hall–Kier alpha value is -2.67. The van der Waals surface area contributed by atoms with Crippen molar-refractivity contribution in [2.45, 2.75) is 45.3 Å². The summed E-state index contributed by atoms with van der Waals surface area (Å²) in [6.07, 6.45) is 1.21. The Balaban J connectivity index is 1.37. The molecular formula is C21H23N3O3S. The molecule has 0 saturated carbocycles. The summed E-state index contributed by atoms with van der Waals surface area (Å²) < 4.78 is 11.1. The zero-order valence-electron chi connectivity index (χ0n) is 16.0. The van der Waals surface area contributed by atoms with Crippen LogP contribution in [-0.4, -0.2) is 33.6 Å². The van der Waals surface area contributed by atoms with Gasteiger partial charge in [-0.15, -0.1) is 11.3 Å². The highest BCUT2D eigenvalue weighted by Crippen LogP contribution is 2.28. The van der Waals surface area contributed by atoms with Crippen molar-refractivity contribution < 1.29 is 14.1 Å². The average molecular weight is 398 g/mol. The number of rotatable bonds is 7.